The molecule has 0 spiro atoms. The Kier molecular flexibility index (Phi) is 3.75. The number of hydrogen-bond donors (Lipinski definition) is 1. The third kappa shape index (κ3) is 2.88. The van der Waals surface area contributed by atoms with E-state index in [1.165, 1.54) is 6.07 Å². The third-order valence-corrected chi connectivity index (χ3v) is 4.24. The van der Waals surface area contributed by atoms with Gasteiger partial charge < -0.3 is 9.63 Å². The zero-order valence-corrected chi connectivity index (χ0v) is 13.7. The summed E-state index contributed by atoms with van der Waals surface area (Å²) in [5.74, 6) is -0.441. The average molecular weight is 350 g/mol. The first-order valence-electron chi connectivity index (χ1n) is 7.61. The first-order chi connectivity index (χ1) is 12.1. The van der Waals surface area contributed by atoms with E-state index in [0.717, 1.165) is 16.7 Å². The maximum absolute atomic E-state index is 11.2. The van der Waals surface area contributed by atoms with E-state index in [0.29, 0.717) is 21.7 Å². The van der Waals surface area contributed by atoms with Gasteiger partial charge in [0, 0.05) is 10.6 Å². The number of carboxylic acid groups (broad SMARTS) is 1. The maximum Gasteiger partial charge on any atom is 0.335 e. The normalized spacial score (nSPS) is 10.9. The van der Waals surface area contributed by atoms with Gasteiger partial charge in [0.25, 0.3) is 0 Å². The number of fused-ring (bicyclic) bond motifs is 1. The van der Waals surface area contributed by atoms with Crippen molar-refractivity contribution in [2.75, 3.05) is 0 Å². The molecule has 0 unspecified atom stereocenters. The zero-order valence-electron chi connectivity index (χ0n) is 12.9. The predicted octanol–water partition coefficient (Wildman–Crippen LogP) is 5.51. The van der Waals surface area contributed by atoms with E-state index >= 15 is 0 Å². The second-order valence-electron chi connectivity index (χ2n) is 5.64. The van der Waals surface area contributed by atoms with Crippen LogP contribution in [0.2, 0.25) is 5.02 Å². The second-order valence-corrected chi connectivity index (χ2v) is 6.08. The first kappa shape index (κ1) is 15.4. The van der Waals surface area contributed by atoms with Crippen molar-refractivity contribution in [2.24, 2.45) is 0 Å². The highest BCUT2D eigenvalue weighted by atomic mass is 35.5. The highest BCUT2D eigenvalue weighted by Crippen LogP contribution is 2.32. The molecule has 4 nitrogen and oxygen atoms in total. The Bertz CT molecular complexity index is 1100. The van der Waals surface area contributed by atoms with Gasteiger partial charge in [0.15, 0.2) is 5.76 Å². The van der Waals surface area contributed by atoms with Gasteiger partial charge in [-0.1, -0.05) is 47.1 Å². The van der Waals surface area contributed by atoms with Gasteiger partial charge in [-0.05, 0) is 47.5 Å². The molecule has 0 saturated carbocycles. The number of nitrogens with zero attached hydrogens (tertiary/aromatic N) is 1. The van der Waals surface area contributed by atoms with Crippen LogP contribution in [-0.4, -0.2) is 16.2 Å². The number of carbonyl (C=O) groups is 1. The summed E-state index contributed by atoms with van der Waals surface area (Å²) in [6.07, 6.45) is 0. The molecule has 0 aliphatic heterocycles. The number of benzene rings is 3. The standard InChI is InChI=1S/C20H12ClNO3/c21-16-6-2-4-13(10-16)12-3-1-5-14(9-12)19-17-11-15(20(23)24)7-8-18(17)22-25-19/h1-11H,(H,23,24). The minimum Gasteiger partial charge on any atom is -0.478 e. The fraction of sp³-hybridized carbons (Fsp3) is 0. The van der Waals surface area contributed by atoms with Gasteiger partial charge in [0.2, 0.25) is 0 Å². The van der Waals surface area contributed by atoms with Crippen LogP contribution in [0.4, 0.5) is 0 Å². The third-order valence-electron chi connectivity index (χ3n) is 4.01. The van der Waals surface area contributed by atoms with Crippen molar-refractivity contribution < 1.29 is 14.4 Å². The number of hydrogen-bond acceptors (Lipinski definition) is 3. The Morgan fingerprint density at radius 3 is 2.40 bits per heavy atom. The molecule has 25 heavy (non-hydrogen) atoms. The molecule has 0 saturated heterocycles. The lowest BCUT2D eigenvalue weighted by atomic mass is 10.0. The molecular formula is C20H12ClNO3. The van der Waals surface area contributed by atoms with Crippen molar-refractivity contribution in [1.29, 1.82) is 0 Å². The molecule has 4 rings (SSSR count). The lowest BCUT2D eigenvalue weighted by Crippen LogP contribution is -1.94. The smallest absolute Gasteiger partial charge is 0.335 e. The fourth-order valence-corrected chi connectivity index (χ4v) is 2.98. The van der Waals surface area contributed by atoms with Crippen molar-refractivity contribution in [3.05, 3.63) is 77.3 Å². The summed E-state index contributed by atoms with van der Waals surface area (Å²) in [7, 11) is 0. The lowest BCUT2D eigenvalue weighted by Gasteiger charge is -2.05. The van der Waals surface area contributed by atoms with E-state index in [-0.39, 0.29) is 5.56 Å². The summed E-state index contributed by atoms with van der Waals surface area (Å²) in [4.78, 5) is 11.2. The van der Waals surface area contributed by atoms with E-state index in [9.17, 15) is 9.90 Å². The minimum atomic E-state index is -0.985. The molecule has 0 bridgehead atoms. The zero-order chi connectivity index (χ0) is 17.4. The first-order valence-corrected chi connectivity index (χ1v) is 7.99. The number of aromatic nitrogens is 1. The molecule has 0 aliphatic carbocycles. The van der Waals surface area contributed by atoms with Crippen LogP contribution in [0.3, 0.4) is 0 Å². The Morgan fingerprint density at radius 1 is 0.920 bits per heavy atom. The molecule has 1 N–H and O–H groups in total. The van der Waals surface area contributed by atoms with Crippen molar-refractivity contribution in [1.82, 2.24) is 5.16 Å². The summed E-state index contributed by atoms with van der Waals surface area (Å²) in [6, 6.07) is 20.1. The highest BCUT2D eigenvalue weighted by molar-refractivity contribution is 6.30. The van der Waals surface area contributed by atoms with Crippen LogP contribution in [0.1, 0.15) is 10.4 Å². The van der Waals surface area contributed by atoms with Gasteiger partial charge >= 0.3 is 5.97 Å². The number of rotatable bonds is 3. The summed E-state index contributed by atoms with van der Waals surface area (Å²) < 4.78 is 5.48. The molecule has 1 heterocycles. The van der Waals surface area contributed by atoms with Crippen LogP contribution < -0.4 is 0 Å². The number of halogens is 1. The van der Waals surface area contributed by atoms with Crippen molar-refractivity contribution in [2.45, 2.75) is 0 Å². The van der Waals surface area contributed by atoms with Crippen LogP contribution in [-0.2, 0) is 0 Å². The molecule has 1 aromatic heterocycles. The van der Waals surface area contributed by atoms with E-state index in [1.54, 1.807) is 12.1 Å². The second kappa shape index (κ2) is 6.07. The molecule has 0 atom stereocenters. The summed E-state index contributed by atoms with van der Waals surface area (Å²) in [5, 5.41) is 14.6. The monoisotopic (exact) mass is 349 g/mol. The van der Waals surface area contributed by atoms with Crippen molar-refractivity contribution in [3.63, 3.8) is 0 Å². The summed E-state index contributed by atoms with van der Waals surface area (Å²) >= 11 is 6.08. The van der Waals surface area contributed by atoms with Gasteiger partial charge in [0.1, 0.15) is 5.52 Å². The van der Waals surface area contributed by atoms with Crippen molar-refractivity contribution >= 4 is 28.5 Å². The van der Waals surface area contributed by atoms with Crippen LogP contribution in [0.25, 0.3) is 33.4 Å². The van der Waals surface area contributed by atoms with E-state index in [4.69, 9.17) is 16.1 Å². The van der Waals surface area contributed by atoms with Gasteiger partial charge in [-0.15, -0.1) is 0 Å². The highest BCUT2D eigenvalue weighted by Gasteiger charge is 2.14. The average Bonchev–Trinajstić information content (AvgIpc) is 3.05. The van der Waals surface area contributed by atoms with E-state index in [1.807, 2.05) is 48.5 Å². The van der Waals surface area contributed by atoms with E-state index < -0.39 is 5.97 Å². The van der Waals surface area contributed by atoms with Gasteiger partial charge in [-0.2, -0.15) is 0 Å². The number of carboxylic acids is 1. The molecule has 5 heteroatoms. The van der Waals surface area contributed by atoms with Crippen molar-refractivity contribution in [3.8, 4) is 22.5 Å². The maximum atomic E-state index is 11.2. The molecule has 122 valence electrons. The molecule has 3 aromatic carbocycles. The van der Waals surface area contributed by atoms with Crippen LogP contribution in [0, 0.1) is 0 Å². The van der Waals surface area contributed by atoms with Gasteiger partial charge in [0.05, 0.1) is 10.9 Å². The SMILES string of the molecule is O=C(O)c1ccc2noc(-c3cccc(-c4cccc(Cl)c4)c3)c2c1. The molecule has 4 aromatic rings. The Labute approximate surface area is 148 Å². The van der Waals surface area contributed by atoms with Gasteiger partial charge in [-0.25, -0.2) is 4.79 Å². The summed E-state index contributed by atoms with van der Waals surface area (Å²) in [6.45, 7) is 0. The largest absolute Gasteiger partial charge is 0.478 e. The Morgan fingerprint density at radius 2 is 1.64 bits per heavy atom. The van der Waals surface area contributed by atoms with Crippen LogP contribution in [0.15, 0.2) is 71.3 Å². The minimum absolute atomic E-state index is 0.197. The van der Waals surface area contributed by atoms with Crippen LogP contribution >= 0.6 is 11.6 Å². The quantitative estimate of drug-likeness (QED) is 0.529. The predicted molar refractivity (Wildman–Crippen MR) is 96.9 cm³/mol. The molecule has 0 aliphatic rings. The molecule has 0 amide bonds. The van der Waals surface area contributed by atoms with Gasteiger partial charge in [-0.3, -0.25) is 0 Å². The fourth-order valence-electron chi connectivity index (χ4n) is 2.79. The van der Waals surface area contributed by atoms with E-state index in [2.05, 4.69) is 5.16 Å². The molecule has 0 radical (unpaired) electrons. The lowest BCUT2D eigenvalue weighted by molar-refractivity contribution is 0.0697. The Hall–Kier alpha value is -3.11. The molecule has 0 fully saturated rings. The summed E-state index contributed by atoms with van der Waals surface area (Å²) in [5.41, 5.74) is 3.61. The Balaban J connectivity index is 1.85. The van der Waals surface area contributed by atoms with Crippen LogP contribution in [0.5, 0.6) is 0 Å². The topological polar surface area (TPSA) is 63.3 Å². The molecular weight excluding hydrogens is 338 g/mol. The number of aromatic carboxylic acids is 1.